The van der Waals surface area contributed by atoms with Crippen LogP contribution in [0.3, 0.4) is 0 Å². The maximum absolute atomic E-state index is 13.1. The SMILES string of the molecule is CCCCCCCCCCCCCCCCCCC(=O)OC(CCCCCCCCCC)CC(=O)NC(CO)C(O)CCCCCCCCCCC. The second-order valence-electron chi connectivity index (χ2n) is 16.2. The topological polar surface area (TPSA) is 95.9 Å². The largest absolute Gasteiger partial charge is 0.462 e. The highest BCUT2D eigenvalue weighted by Crippen LogP contribution is 2.18. The molecule has 0 rings (SSSR count). The monoisotopic (exact) mass is 738 g/mol. The van der Waals surface area contributed by atoms with Crippen LogP contribution in [-0.4, -0.2) is 46.9 Å². The molecular weight excluding hydrogens is 647 g/mol. The first-order valence-electron chi connectivity index (χ1n) is 23.3. The van der Waals surface area contributed by atoms with Crippen molar-refractivity contribution in [2.75, 3.05) is 6.61 Å². The van der Waals surface area contributed by atoms with Gasteiger partial charge in [0.2, 0.25) is 5.91 Å². The third kappa shape index (κ3) is 35.9. The van der Waals surface area contributed by atoms with E-state index in [-0.39, 0.29) is 24.9 Å². The Morgan fingerprint density at radius 3 is 1.17 bits per heavy atom. The second-order valence-corrected chi connectivity index (χ2v) is 16.2. The minimum atomic E-state index is -0.776. The molecule has 6 nitrogen and oxygen atoms in total. The van der Waals surface area contributed by atoms with Crippen LogP contribution in [0, 0.1) is 0 Å². The van der Waals surface area contributed by atoms with Gasteiger partial charge in [0.05, 0.1) is 25.2 Å². The smallest absolute Gasteiger partial charge is 0.306 e. The van der Waals surface area contributed by atoms with Crippen molar-refractivity contribution >= 4 is 11.9 Å². The molecule has 3 unspecified atom stereocenters. The third-order valence-corrected chi connectivity index (χ3v) is 10.9. The van der Waals surface area contributed by atoms with Gasteiger partial charge in [0.1, 0.15) is 6.10 Å². The van der Waals surface area contributed by atoms with Crippen LogP contribution in [0.2, 0.25) is 0 Å². The lowest BCUT2D eigenvalue weighted by Crippen LogP contribution is -2.46. The zero-order valence-electron chi connectivity index (χ0n) is 35.2. The van der Waals surface area contributed by atoms with Crippen LogP contribution in [0.25, 0.3) is 0 Å². The first-order chi connectivity index (χ1) is 25.5. The minimum absolute atomic E-state index is 0.0858. The number of unbranched alkanes of at least 4 members (excludes halogenated alkanes) is 30. The van der Waals surface area contributed by atoms with Gasteiger partial charge in [-0.3, -0.25) is 9.59 Å². The fourth-order valence-electron chi connectivity index (χ4n) is 7.37. The van der Waals surface area contributed by atoms with Crippen molar-refractivity contribution in [1.82, 2.24) is 5.32 Å². The summed E-state index contributed by atoms with van der Waals surface area (Å²) in [6.07, 6.45) is 41.7. The molecule has 6 heteroatoms. The van der Waals surface area contributed by atoms with E-state index in [1.54, 1.807) is 0 Å². The molecule has 0 radical (unpaired) electrons. The van der Waals surface area contributed by atoms with Crippen molar-refractivity contribution < 1.29 is 24.5 Å². The molecule has 0 aromatic heterocycles. The molecular formula is C46H91NO5. The lowest BCUT2D eigenvalue weighted by Gasteiger charge is -2.24. The van der Waals surface area contributed by atoms with E-state index in [0.29, 0.717) is 19.3 Å². The van der Waals surface area contributed by atoms with Crippen molar-refractivity contribution in [3.05, 3.63) is 0 Å². The van der Waals surface area contributed by atoms with Crippen LogP contribution in [0.5, 0.6) is 0 Å². The van der Waals surface area contributed by atoms with Gasteiger partial charge in [-0.15, -0.1) is 0 Å². The van der Waals surface area contributed by atoms with Gasteiger partial charge in [-0.2, -0.15) is 0 Å². The average Bonchev–Trinajstić information content (AvgIpc) is 3.13. The van der Waals surface area contributed by atoms with Crippen LogP contribution < -0.4 is 5.32 Å². The summed E-state index contributed by atoms with van der Waals surface area (Å²) in [7, 11) is 0. The third-order valence-electron chi connectivity index (χ3n) is 10.9. The number of aliphatic hydroxyl groups is 2. The number of hydrogen-bond donors (Lipinski definition) is 3. The zero-order chi connectivity index (χ0) is 38.2. The highest BCUT2D eigenvalue weighted by molar-refractivity contribution is 5.77. The first kappa shape index (κ1) is 50.9. The number of carbonyl (C=O) groups excluding carboxylic acids is 2. The number of nitrogens with one attached hydrogen (secondary N) is 1. The summed E-state index contributed by atoms with van der Waals surface area (Å²) in [6, 6.07) is -0.689. The van der Waals surface area contributed by atoms with Crippen LogP contribution in [-0.2, 0) is 14.3 Å². The van der Waals surface area contributed by atoms with Crippen LogP contribution in [0.4, 0.5) is 0 Å². The number of hydrogen-bond acceptors (Lipinski definition) is 5. The Morgan fingerprint density at radius 2 is 0.808 bits per heavy atom. The molecule has 0 aliphatic rings. The number of amides is 1. The van der Waals surface area contributed by atoms with E-state index >= 15 is 0 Å². The molecule has 52 heavy (non-hydrogen) atoms. The Balaban J connectivity index is 4.40. The van der Waals surface area contributed by atoms with Crippen LogP contribution in [0.15, 0.2) is 0 Å². The molecule has 0 aromatic carbocycles. The van der Waals surface area contributed by atoms with Gasteiger partial charge in [0.25, 0.3) is 0 Å². The van der Waals surface area contributed by atoms with Gasteiger partial charge in [-0.25, -0.2) is 0 Å². The molecule has 1 amide bonds. The normalized spacial score (nSPS) is 13.2. The van der Waals surface area contributed by atoms with Crippen molar-refractivity contribution in [3.63, 3.8) is 0 Å². The standard InChI is InChI=1S/C46H91NO5/c1-4-7-10-13-16-19-20-21-22-23-24-25-27-30-33-36-39-46(51)52-42(37-34-31-28-18-15-12-9-6-3)40-45(50)47-43(41-48)44(49)38-35-32-29-26-17-14-11-8-5-2/h42-44,48-49H,4-41H2,1-3H3,(H,47,50). The summed E-state index contributed by atoms with van der Waals surface area (Å²) in [4.78, 5) is 25.9. The Hall–Kier alpha value is -1.14. The van der Waals surface area contributed by atoms with Crippen molar-refractivity contribution in [3.8, 4) is 0 Å². The highest BCUT2D eigenvalue weighted by Gasteiger charge is 2.24. The Kier molecular flexibility index (Phi) is 40.1. The summed E-state index contributed by atoms with van der Waals surface area (Å²) in [5, 5.41) is 23.5. The molecule has 0 bridgehead atoms. The summed E-state index contributed by atoms with van der Waals surface area (Å²) in [5.41, 5.74) is 0. The van der Waals surface area contributed by atoms with Crippen molar-refractivity contribution in [2.24, 2.45) is 0 Å². The van der Waals surface area contributed by atoms with E-state index in [2.05, 4.69) is 26.1 Å². The number of carbonyl (C=O) groups is 2. The molecule has 310 valence electrons. The van der Waals surface area contributed by atoms with Gasteiger partial charge in [-0.1, -0.05) is 220 Å². The lowest BCUT2D eigenvalue weighted by atomic mass is 10.0. The molecule has 3 atom stereocenters. The number of rotatable bonds is 42. The Labute approximate surface area is 324 Å². The molecule has 0 aliphatic heterocycles. The molecule has 0 aromatic rings. The zero-order valence-corrected chi connectivity index (χ0v) is 35.2. The van der Waals surface area contributed by atoms with E-state index in [1.165, 1.54) is 173 Å². The number of aliphatic hydroxyl groups excluding tert-OH is 2. The predicted octanol–water partition coefficient (Wildman–Crippen LogP) is 13.2. The van der Waals surface area contributed by atoms with E-state index in [1.807, 2.05) is 0 Å². The molecule has 3 N–H and O–H groups in total. The molecule has 0 saturated heterocycles. The molecule has 0 saturated carbocycles. The lowest BCUT2D eigenvalue weighted by molar-refractivity contribution is -0.151. The number of esters is 1. The van der Waals surface area contributed by atoms with Gasteiger partial charge in [0.15, 0.2) is 0 Å². The fraction of sp³-hybridized carbons (Fsp3) is 0.957. The Bertz CT molecular complexity index is 746. The van der Waals surface area contributed by atoms with Crippen LogP contribution in [0.1, 0.15) is 258 Å². The highest BCUT2D eigenvalue weighted by atomic mass is 16.5. The first-order valence-corrected chi connectivity index (χ1v) is 23.3. The fourth-order valence-corrected chi connectivity index (χ4v) is 7.37. The second kappa shape index (κ2) is 41.0. The maximum Gasteiger partial charge on any atom is 0.306 e. The number of ether oxygens (including phenoxy) is 1. The Morgan fingerprint density at radius 1 is 0.481 bits per heavy atom. The van der Waals surface area contributed by atoms with Crippen molar-refractivity contribution in [2.45, 2.75) is 277 Å². The summed E-state index contributed by atoms with van der Waals surface area (Å²) >= 11 is 0. The van der Waals surface area contributed by atoms with Crippen LogP contribution >= 0.6 is 0 Å². The predicted molar refractivity (Wildman–Crippen MR) is 223 cm³/mol. The van der Waals surface area contributed by atoms with Gasteiger partial charge in [-0.05, 0) is 25.7 Å². The minimum Gasteiger partial charge on any atom is -0.462 e. The molecule has 0 aliphatic carbocycles. The van der Waals surface area contributed by atoms with Gasteiger partial charge >= 0.3 is 5.97 Å². The van der Waals surface area contributed by atoms with E-state index in [4.69, 9.17) is 4.74 Å². The summed E-state index contributed by atoms with van der Waals surface area (Å²) < 4.78 is 5.89. The molecule has 0 spiro atoms. The van der Waals surface area contributed by atoms with E-state index in [0.717, 1.165) is 38.5 Å². The molecule has 0 heterocycles. The van der Waals surface area contributed by atoms with E-state index in [9.17, 15) is 19.8 Å². The van der Waals surface area contributed by atoms with Gasteiger partial charge < -0.3 is 20.3 Å². The average molecular weight is 738 g/mol. The summed E-state index contributed by atoms with van der Waals surface area (Å²) in [5.74, 6) is -0.461. The maximum atomic E-state index is 13.1. The van der Waals surface area contributed by atoms with E-state index < -0.39 is 18.2 Å². The quantitative estimate of drug-likeness (QED) is 0.0428. The van der Waals surface area contributed by atoms with Crippen molar-refractivity contribution in [1.29, 1.82) is 0 Å². The molecule has 0 fully saturated rings. The summed E-state index contributed by atoms with van der Waals surface area (Å²) in [6.45, 7) is 6.45. The van der Waals surface area contributed by atoms with Gasteiger partial charge in [0, 0.05) is 6.42 Å².